The molecule has 0 saturated heterocycles. The summed E-state index contributed by atoms with van der Waals surface area (Å²) in [6, 6.07) is 18.9. The molecule has 0 aliphatic carbocycles. The summed E-state index contributed by atoms with van der Waals surface area (Å²) in [6.07, 6.45) is 0. The number of rotatable bonds is 0. The first-order valence-corrected chi connectivity index (χ1v) is 5.96. The van der Waals surface area contributed by atoms with Gasteiger partial charge in [0.2, 0.25) is 0 Å². The molecule has 0 amide bonds. The standard InChI is InChI=1S/2C6H5Cl.C2H6/c2*7-6-4-2-1-3-5-6;1-2/h2*1-5H;1-2H3. The lowest BCUT2D eigenvalue weighted by Crippen LogP contribution is -1.55. The molecular weight excluding hydrogens is 239 g/mol. The van der Waals surface area contributed by atoms with Crippen molar-refractivity contribution >= 4 is 23.2 Å². The van der Waals surface area contributed by atoms with Crippen LogP contribution in [0.3, 0.4) is 0 Å². The van der Waals surface area contributed by atoms with Crippen molar-refractivity contribution in [2.24, 2.45) is 0 Å². The molecule has 2 heteroatoms. The SMILES string of the molecule is CC.Clc1ccccc1.Clc1ccccc1. The monoisotopic (exact) mass is 254 g/mol. The van der Waals surface area contributed by atoms with Gasteiger partial charge in [0.05, 0.1) is 0 Å². The molecule has 16 heavy (non-hydrogen) atoms. The van der Waals surface area contributed by atoms with Crippen LogP contribution in [0, 0.1) is 0 Å². The minimum Gasteiger partial charge on any atom is -0.0843 e. The summed E-state index contributed by atoms with van der Waals surface area (Å²) in [5.74, 6) is 0. The van der Waals surface area contributed by atoms with E-state index in [-0.39, 0.29) is 0 Å². The fourth-order valence-corrected chi connectivity index (χ4v) is 1.12. The van der Waals surface area contributed by atoms with Crippen LogP contribution in [0.2, 0.25) is 10.0 Å². The summed E-state index contributed by atoms with van der Waals surface area (Å²) in [7, 11) is 0. The van der Waals surface area contributed by atoms with E-state index >= 15 is 0 Å². The van der Waals surface area contributed by atoms with Crippen LogP contribution < -0.4 is 0 Å². The lowest BCUT2D eigenvalue weighted by Gasteiger charge is -1.80. The molecule has 0 bridgehead atoms. The quantitative estimate of drug-likeness (QED) is 0.565. The Hall–Kier alpha value is -0.980. The molecule has 0 heterocycles. The molecule has 2 aromatic rings. The van der Waals surface area contributed by atoms with Crippen molar-refractivity contribution in [3.05, 3.63) is 70.7 Å². The molecule has 2 aromatic carbocycles. The van der Waals surface area contributed by atoms with Gasteiger partial charge in [-0.2, -0.15) is 0 Å². The maximum Gasteiger partial charge on any atom is 0.0405 e. The van der Waals surface area contributed by atoms with Gasteiger partial charge in [0.1, 0.15) is 0 Å². The van der Waals surface area contributed by atoms with Gasteiger partial charge < -0.3 is 0 Å². The number of halogens is 2. The van der Waals surface area contributed by atoms with Gasteiger partial charge in [-0.3, -0.25) is 0 Å². The van der Waals surface area contributed by atoms with Crippen molar-refractivity contribution < 1.29 is 0 Å². The smallest absolute Gasteiger partial charge is 0.0405 e. The van der Waals surface area contributed by atoms with Crippen LogP contribution in [0.15, 0.2) is 60.7 Å². The van der Waals surface area contributed by atoms with E-state index in [9.17, 15) is 0 Å². The van der Waals surface area contributed by atoms with Crippen LogP contribution >= 0.6 is 23.2 Å². The molecular formula is C14H16Cl2. The summed E-state index contributed by atoms with van der Waals surface area (Å²) < 4.78 is 0. The lowest BCUT2D eigenvalue weighted by atomic mass is 10.4. The van der Waals surface area contributed by atoms with E-state index in [1.165, 1.54) is 0 Å². The zero-order chi connectivity index (χ0) is 12.2. The Morgan fingerprint density at radius 3 is 0.938 bits per heavy atom. The van der Waals surface area contributed by atoms with E-state index < -0.39 is 0 Å². The van der Waals surface area contributed by atoms with E-state index in [0.717, 1.165) is 10.0 Å². The van der Waals surface area contributed by atoms with Gasteiger partial charge >= 0.3 is 0 Å². The molecule has 0 radical (unpaired) electrons. The number of hydrogen-bond acceptors (Lipinski definition) is 0. The highest BCUT2D eigenvalue weighted by molar-refractivity contribution is 6.30. The van der Waals surface area contributed by atoms with E-state index in [1.54, 1.807) is 0 Å². The number of hydrogen-bond donors (Lipinski definition) is 0. The van der Waals surface area contributed by atoms with E-state index in [2.05, 4.69) is 0 Å². The minimum atomic E-state index is 0.794. The predicted molar refractivity (Wildman–Crippen MR) is 74.3 cm³/mol. The molecule has 0 fully saturated rings. The van der Waals surface area contributed by atoms with Crippen LogP contribution in [-0.4, -0.2) is 0 Å². The Kier molecular flexibility index (Phi) is 9.89. The van der Waals surface area contributed by atoms with Gasteiger partial charge in [-0.1, -0.05) is 73.4 Å². The molecule has 0 atom stereocenters. The Morgan fingerprint density at radius 1 is 0.562 bits per heavy atom. The van der Waals surface area contributed by atoms with Crippen molar-refractivity contribution in [3.63, 3.8) is 0 Å². The normalized spacial score (nSPS) is 8.00. The molecule has 0 unspecified atom stereocenters. The summed E-state index contributed by atoms with van der Waals surface area (Å²) in [4.78, 5) is 0. The average molecular weight is 255 g/mol. The second-order valence-electron chi connectivity index (χ2n) is 2.59. The Morgan fingerprint density at radius 2 is 0.812 bits per heavy atom. The molecule has 0 aromatic heterocycles. The zero-order valence-corrected chi connectivity index (χ0v) is 11.0. The van der Waals surface area contributed by atoms with Crippen LogP contribution in [0.1, 0.15) is 13.8 Å². The van der Waals surface area contributed by atoms with Crippen molar-refractivity contribution in [2.75, 3.05) is 0 Å². The fraction of sp³-hybridized carbons (Fsp3) is 0.143. The Labute approximate surface area is 108 Å². The highest BCUT2D eigenvalue weighted by Crippen LogP contribution is 2.04. The predicted octanol–water partition coefficient (Wildman–Crippen LogP) is 5.71. The maximum absolute atomic E-state index is 5.54. The van der Waals surface area contributed by atoms with Gasteiger partial charge in [0.25, 0.3) is 0 Å². The third kappa shape index (κ3) is 8.34. The van der Waals surface area contributed by atoms with Crippen LogP contribution in [0.25, 0.3) is 0 Å². The third-order valence-electron chi connectivity index (χ3n) is 1.47. The average Bonchev–Trinajstić information content (AvgIpc) is 2.34. The van der Waals surface area contributed by atoms with Crippen LogP contribution in [0.5, 0.6) is 0 Å². The topological polar surface area (TPSA) is 0 Å². The van der Waals surface area contributed by atoms with Crippen molar-refractivity contribution in [2.45, 2.75) is 13.8 Å². The van der Waals surface area contributed by atoms with Gasteiger partial charge in [-0.05, 0) is 24.3 Å². The Bertz CT molecular complexity index is 306. The van der Waals surface area contributed by atoms with Crippen LogP contribution in [-0.2, 0) is 0 Å². The summed E-state index contributed by atoms with van der Waals surface area (Å²) in [5.41, 5.74) is 0. The molecule has 0 saturated carbocycles. The third-order valence-corrected chi connectivity index (χ3v) is 1.97. The Balaban J connectivity index is 0.000000244. The van der Waals surface area contributed by atoms with Gasteiger partial charge in [0, 0.05) is 10.0 Å². The molecule has 0 spiro atoms. The largest absolute Gasteiger partial charge is 0.0843 e. The lowest BCUT2D eigenvalue weighted by molar-refractivity contribution is 1.50. The zero-order valence-electron chi connectivity index (χ0n) is 9.53. The van der Waals surface area contributed by atoms with Gasteiger partial charge in [-0.25, -0.2) is 0 Å². The molecule has 86 valence electrons. The molecule has 0 aliphatic rings. The van der Waals surface area contributed by atoms with Crippen LogP contribution in [0.4, 0.5) is 0 Å². The van der Waals surface area contributed by atoms with Crippen molar-refractivity contribution in [1.29, 1.82) is 0 Å². The molecule has 0 aliphatic heterocycles. The first kappa shape index (κ1) is 15.0. The fourth-order valence-electron chi connectivity index (χ4n) is 0.829. The molecule has 2 rings (SSSR count). The first-order chi connectivity index (χ1) is 7.79. The van der Waals surface area contributed by atoms with Crippen molar-refractivity contribution in [1.82, 2.24) is 0 Å². The maximum atomic E-state index is 5.54. The first-order valence-electron chi connectivity index (χ1n) is 5.20. The van der Waals surface area contributed by atoms with Gasteiger partial charge in [-0.15, -0.1) is 0 Å². The second kappa shape index (κ2) is 10.5. The minimum absolute atomic E-state index is 0.794. The second-order valence-corrected chi connectivity index (χ2v) is 3.46. The summed E-state index contributed by atoms with van der Waals surface area (Å²) in [5, 5.41) is 1.59. The molecule has 0 N–H and O–H groups in total. The summed E-state index contributed by atoms with van der Waals surface area (Å²) >= 11 is 11.1. The molecule has 0 nitrogen and oxygen atoms in total. The van der Waals surface area contributed by atoms with Crippen molar-refractivity contribution in [3.8, 4) is 0 Å². The van der Waals surface area contributed by atoms with Gasteiger partial charge in [0.15, 0.2) is 0 Å². The summed E-state index contributed by atoms with van der Waals surface area (Å²) in [6.45, 7) is 4.00. The number of benzene rings is 2. The highest BCUT2D eigenvalue weighted by Gasteiger charge is 1.75. The highest BCUT2D eigenvalue weighted by atomic mass is 35.5. The van der Waals surface area contributed by atoms with E-state index in [4.69, 9.17) is 23.2 Å². The van der Waals surface area contributed by atoms with E-state index in [1.807, 2.05) is 74.5 Å². The van der Waals surface area contributed by atoms with E-state index in [0.29, 0.717) is 0 Å².